The number of carbonyl (C=O) groups is 1. The predicted molar refractivity (Wildman–Crippen MR) is 60.6 cm³/mol. The first-order chi connectivity index (χ1) is 7.20. The number of rotatable bonds is 2. The lowest BCUT2D eigenvalue weighted by Gasteiger charge is -2.09. The molecule has 80 valence electrons. The van der Waals surface area contributed by atoms with E-state index in [1.54, 1.807) is 17.8 Å². The maximum Gasteiger partial charge on any atom is 0.168 e. The van der Waals surface area contributed by atoms with Gasteiger partial charge in [0.25, 0.3) is 0 Å². The van der Waals surface area contributed by atoms with Gasteiger partial charge in [0.2, 0.25) is 0 Å². The van der Waals surface area contributed by atoms with E-state index < -0.39 is 5.82 Å². The fraction of sp³-hybridized carbons (Fsp3) is 0.364. The summed E-state index contributed by atoms with van der Waals surface area (Å²) >= 11 is 1.76. The van der Waals surface area contributed by atoms with Crippen molar-refractivity contribution in [2.24, 2.45) is 5.92 Å². The summed E-state index contributed by atoms with van der Waals surface area (Å²) in [6, 6.07) is 4.40. The summed E-state index contributed by atoms with van der Waals surface area (Å²) in [6.45, 7) is 0. The fourth-order valence-corrected chi connectivity index (χ4v) is 2.93. The Labute approximate surface area is 92.0 Å². The second-order valence-electron chi connectivity index (χ2n) is 3.63. The molecule has 1 heterocycles. The van der Waals surface area contributed by atoms with Gasteiger partial charge in [-0.1, -0.05) is 6.07 Å². The molecule has 2 rings (SSSR count). The van der Waals surface area contributed by atoms with Crippen molar-refractivity contribution >= 4 is 23.2 Å². The Hall–Kier alpha value is -1.03. The van der Waals surface area contributed by atoms with E-state index in [9.17, 15) is 9.18 Å². The summed E-state index contributed by atoms with van der Waals surface area (Å²) in [5.41, 5.74) is 5.87. The molecule has 1 aliphatic rings. The number of ketones is 1. The summed E-state index contributed by atoms with van der Waals surface area (Å²) in [6.07, 6.45) is 0.874. The van der Waals surface area contributed by atoms with Crippen molar-refractivity contribution in [3.8, 4) is 0 Å². The molecule has 4 heteroatoms. The lowest BCUT2D eigenvalue weighted by Crippen LogP contribution is -2.16. The lowest BCUT2D eigenvalue weighted by atomic mass is 9.96. The lowest BCUT2D eigenvalue weighted by molar-refractivity contribution is 0.0934. The number of carbonyl (C=O) groups excluding carboxylic acids is 1. The molecule has 1 aliphatic heterocycles. The van der Waals surface area contributed by atoms with Crippen LogP contribution in [0, 0.1) is 11.7 Å². The Kier molecular flexibility index (Phi) is 2.95. The molecule has 15 heavy (non-hydrogen) atoms. The second-order valence-corrected chi connectivity index (χ2v) is 4.78. The Morgan fingerprint density at radius 3 is 3.00 bits per heavy atom. The molecule has 0 amide bonds. The van der Waals surface area contributed by atoms with E-state index in [0.717, 1.165) is 17.9 Å². The van der Waals surface area contributed by atoms with E-state index in [2.05, 4.69) is 0 Å². The Morgan fingerprint density at radius 2 is 2.33 bits per heavy atom. The van der Waals surface area contributed by atoms with Gasteiger partial charge in [0.15, 0.2) is 5.78 Å². The van der Waals surface area contributed by atoms with Crippen LogP contribution in [-0.2, 0) is 0 Å². The van der Waals surface area contributed by atoms with Gasteiger partial charge in [-0.25, -0.2) is 4.39 Å². The zero-order chi connectivity index (χ0) is 10.8. The van der Waals surface area contributed by atoms with Crippen LogP contribution in [0.4, 0.5) is 10.1 Å². The average molecular weight is 225 g/mol. The average Bonchev–Trinajstić information content (AvgIpc) is 2.74. The molecule has 0 saturated carbocycles. The third-order valence-corrected chi connectivity index (χ3v) is 3.78. The molecule has 2 nitrogen and oxygen atoms in total. The van der Waals surface area contributed by atoms with Crippen LogP contribution in [-0.4, -0.2) is 17.3 Å². The van der Waals surface area contributed by atoms with Gasteiger partial charge in [-0.3, -0.25) is 4.79 Å². The van der Waals surface area contributed by atoms with E-state index in [0.29, 0.717) is 5.56 Å². The third kappa shape index (κ3) is 2.00. The van der Waals surface area contributed by atoms with Crippen LogP contribution in [0.3, 0.4) is 0 Å². The van der Waals surface area contributed by atoms with Crippen LogP contribution in [0.2, 0.25) is 0 Å². The number of thioether (sulfide) groups is 1. The molecular weight excluding hydrogens is 213 g/mol. The Bertz CT molecular complexity index is 388. The summed E-state index contributed by atoms with van der Waals surface area (Å²) in [4.78, 5) is 12.0. The van der Waals surface area contributed by atoms with Crippen molar-refractivity contribution in [1.82, 2.24) is 0 Å². The van der Waals surface area contributed by atoms with Crippen LogP contribution in [0.25, 0.3) is 0 Å². The summed E-state index contributed by atoms with van der Waals surface area (Å²) < 4.78 is 13.1. The molecule has 1 unspecified atom stereocenters. The van der Waals surface area contributed by atoms with Crippen molar-refractivity contribution in [2.75, 3.05) is 17.2 Å². The summed E-state index contributed by atoms with van der Waals surface area (Å²) in [7, 11) is 0. The van der Waals surface area contributed by atoms with Gasteiger partial charge in [-0.05, 0) is 24.3 Å². The van der Waals surface area contributed by atoms with Crippen molar-refractivity contribution < 1.29 is 9.18 Å². The van der Waals surface area contributed by atoms with Crippen LogP contribution < -0.4 is 5.73 Å². The zero-order valence-electron chi connectivity index (χ0n) is 8.20. The van der Waals surface area contributed by atoms with Gasteiger partial charge < -0.3 is 5.73 Å². The van der Waals surface area contributed by atoms with Crippen LogP contribution in [0.1, 0.15) is 16.8 Å². The van der Waals surface area contributed by atoms with Crippen molar-refractivity contribution in [3.05, 3.63) is 29.6 Å². The maximum absolute atomic E-state index is 13.1. The molecule has 1 atom stereocenters. The number of nitrogens with two attached hydrogens (primary N) is 1. The second kappa shape index (κ2) is 4.23. The highest BCUT2D eigenvalue weighted by molar-refractivity contribution is 7.99. The molecule has 1 saturated heterocycles. The van der Waals surface area contributed by atoms with Gasteiger partial charge in [0.05, 0.1) is 5.69 Å². The van der Waals surface area contributed by atoms with E-state index in [1.165, 1.54) is 12.1 Å². The van der Waals surface area contributed by atoms with Crippen molar-refractivity contribution in [1.29, 1.82) is 0 Å². The van der Waals surface area contributed by atoms with Crippen LogP contribution in [0.5, 0.6) is 0 Å². The number of benzene rings is 1. The topological polar surface area (TPSA) is 43.1 Å². The van der Waals surface area contributed by atoms with E-state index in [1.807, 2.05) is 0 Å². The quantitative estimate of drug-likeness (QED) is 0.620. The molecule has 0 radical (unpaired) electrons. The van der Waals surface area contributed by atoms with Crippen molar-refractivity contribution in [3.63, 3.8) is 0 Å². The van der Waals surface area contributed by atoms with E-state index in [4.69, 9.17) is 5.73 Å². The number of para-hydroxylation sites is 1. The largest absolute Gasteiger partial charge is 0.396 e. The molecule has 0 bridgehead atoms. The van der Waals surface area contributed by atoms with Gasteiger partial charge in [-0.15, -0.1) is 0 Å². The van der Waals surface area contributed by atoms with Gasteiger partial charge in [0, 0.05) is 17.2 Å². The molecule has 1 fully saturated rings. The minimum absolute atomic E-state index is 0.0131. The van der Waals surface area contributed by atoms with Gasteiger partial charge >= 0.3 is 0 Å². The number of Topliss-reactive ketones (excluding diaryl/α,β-unsaturated/α-hetero) is 1. The first-order valence-electron chi connectivity index (χ1n) is 4.86. The molecular formula is C11H12FNOS. The van der Waals surface area contributed by atoms with Gasteiger partial charge in [-0.2, -0.15) is 11.8 Å². The first kappa shape index (κ1) is 10.5. The smallest absolute Gasteiger partial charge is 0.168 e. The van der Waals surface area contributed by atoms with E-state index >= 15 is 0 Å². The highest BCUT2D eigenvalue weighted by Gasteiger charge is 2.26. The highest BCUT2D eigenvalue weighted by atomic mass is 32.2. The molecule has 2 N–H and O–H groups in total. The molecule has 1 aromatic carbocycles. The monoisotopic (exact) mass is 225 g/mol. The number of nitrogen functional groups attached to an aromatic ring is 1. The van der Waals surface area contributed by atoms with E-state index in [-0.39, 0.29) is 17.4 Å². The first-order valence-corrected chi connectivity index (χ1v) is 6.01. The Balaban J connectivity index is 2.28. The third-order valence-electron chi connectivity index (χ3n) is 2.62. The fourth-order valence-electron chi connectivity index (χ4n) is 1.71. The van der Waals surface area contributed by atoms with Gasteiger partial charge in [0.1, 0.15) is 5.82 Å². The standard InChI is InChI=1S/C11H12FNOS/c12-9-3-1-2-8(10(9)13)11(14)7-4-5-15-6-7/h1-3,7H,4-6,13H2. The van der Waals surface area contributed by atoms with Crippen molar-refractivity contribution in [2.45, 2.75) is 6.42 Å². The zero-order valence-corrected chi connectivity index (χ0v) is 9.02. The highest BCUT2D eigenvalue weighted by Crippen LogP contribution is 2.28. The van der Waals surface area contributed by atoms with Crippen LogP contribution >= 0.6 is 11.8 Å². The molecule has 0 aromatic heterocycles. The minimum Gasteiger partial charge on any atom is -0.396 e. The SMILES string of the molecule is Nc1c(F)cccc1C(=O)C1CCSC1. The number of hydrogen-bond acceptors (Lipinski definition) is 3. The predicted octanol–water partition coefficient (Wildman–Crippen LogP) is 2.34. The molecule has 1 aromatic rings. The normalized spacial score (nSPS) is 20.5. The number of halogens is 1. The number of hydrogen-bond donors (Lipinski definition) is 1. The Morgan fingerprint density at radius 1 is 1.53 bits per heavy atom. The molecule has 0 spiro atoms. The maximum atomic E-state index is 13.1. The van der Waals surface area contributed by atoms with Crippen LogP contribution in [0.15, 0.2) is 18.2 Å². The summed E-state index contributed by atoms with van der Waals surface area (Å²) in [5, 5.41) is 0. The minimum atomic E-state index is -0.508. The number of anilines is 1. The molecule has 0 aliphatic carbocycles. The summed E-state index contributed by atoms with van der Waals surface area (Å²) in [5.74, 6) is 1.32.